The van der Waals surface area contributed by atoms with Crippen LogP contribution < -0.4 is 5.73 Å². The molecule has 2 nitrogen and oxygen atoms in total. The molecular formula is C10H5F3N2. The van der Waals surface area contributed by atoms with Gasteiger partial charge in [-0.15, -0.1) is 0 Å². The highest BCUT2D eigenvalue weighted by Gasteiger charge is 2.32. The zero-order chi connectivity index (χ0) is 11.5. The second-order valence-electron chi connectivity index (χ2n) is 2.66. The first-order chi connectivity index (χ1) is 6.95. The fraction of sp³-hybridized carbons (Fsp3) is 0.100. The summed E-state index contributed by atoms with van der Waals surface area (Å²) in [6.45, 7) is 0. The Morgan fingerprint density at radius 3 is 2.47 bits per heavy atom. The Morgan fingerprint density at radius 2 is 1.93 bits per heavy atom. The third-order valence-electron chi connectivity index (χ3n) is 1.62. The smallest absolute Gasteiger partial charge is 0.398 e. The van der Waals surface area contributed by atoms with Gasteiger partial charge in [-0.1, -0.05) is 5.92 Å². The van der Waals surface area contributed by atoms with Gasteiger partial charge in [0.15, 0.2) is 6.07 Å². The van der Waals surface area contributed by atoms with E-state index in [0.717, 1.165) is 12.1 Å². The van der Waals surface area contributed by atoms with Crippen LogP contribution in [0, 0.1) is 23.2 Å². The van der Waals surface area contributed by atoms with E-state index in [1.165, 1.54) is 12.1 Å². The van der Waals surface area contributed by atoms with Crippen LogP contribution >= 0.6 is 0 Å². The molecule has 0 aromatic heterocycles. The molecule has 0 aliphatic rings. The van der Waals surface area contributed by atoms with Gasteiger partial charge in [0.25, 0.3) is 0 Å². The van der Waals surface area contributed by atoms with Gasteiger partial charge >= 0.3 is 6.18 Å². The Morgan fingerprint density at radius 1 is 1.27 bits per heavy atom. The van der Waals surface area contributed by atoms with E-state index in [4.69, 9.17) is 11.0 Å². The number of hydrogen-bond acceptors (Lipinski definition) is 2. The predicted octanol–water partition coefficient (Wildman–Crippen LogP) is 2.16. The third-order valence-corrected chi connectivity index (χ3v) is 1.62. The molecule has 76 valence electrons. The van der Waals surface area contributed by atoms with Crippen molar-refractivity contribution in [2.45, 2.75) is 6.18 Å². The average Bonchev–Trinajstić information content (AvgIpc) is 2.15. The normalized spacial score (nSPS) is 10.0. The summed E-state index contributed by atoms with van der Waals surface area (Å²) < 4.78 is 37.1. The molecular weight excluding hydrogens is 205 g/mol. The number of nitrogens with two attached hydrogens (primary N) is 1. The minimum absolute atomic E-state index is 0.109. The number of benzene rings is 1. The number of halogens is 3. The fourth-order valence-electron chi connectivity index (χ4n) is 0.980. The van der Waals surface area contributed by atoms with Gasteiger partial charge in [0, 0.05) is 17.2 Å². The molecule has 0 aliphatic carbocycles. The average molecular weight is 210 g/mol. The molecule has 5 heteroatoms. The number of hydrogen-bond donors (Lipinski definition) is 1. The number of nitrogen functional groups attached to an aromatic ring is 1. The van der Waals surface area contributed by atoms with Crippen molar-refractivity contribution in [3.8, 4) is 17.9 Å². The van der Waals surface area contributed by atoms with Crippen molar-refractivity contribution < 1.29 is 13.2 Å². The molecule has 1 rings (SSSR count). The Labute approximate surface area is 84.1 Å². The third kappa shape index (κ3) is 2.65. The summed E-state index contributed by atoms with van der Waals surface area (Å²) in [5.74, 6) is 4.28. The highest BCUT2D eigenvalue weighted by molar-refractivity contribution is 5.53. The van der Waals surface area contributed by atoms with Gasteiger partial charge < -0.3 is 5.73 Å². The van der Waals surface area contributed by atoms with Gasteiger partial charge in [-0.05, 0) is 18.2 Å². The zero-order valence-corrected chi connectivity index (χ0v) is 7.39. The second-order valence-corrected chi connectivity index (χ2v) is 2.66. The van der Waals surface area contributed by atoms with E-state index < -0.39 is 11.7 Å². The Bertz CT molecular complexity index is 472. The number of nitriles is 1. The molecule has 0 unspecified atom stereocenters. The minimum atomic E-state index is -4.51. The standard InChI is InChI=1S/C10H5F3N2/c11-10(12,13)8-6-7(2-1-5-14)3-4-9(8)15/h3-4,6H,15H2. The molecule has 0 amide bonds. The summed E-state index contributed by atoms with van der Waals surface area (Å²) >= 11 is 0. The largest absolute Gasteiger partial charge is 0.418 e. The van der Waals surface area contributed by atoms with Crippen LogP contribution in [0.15, 0.2) is 18.2 Å². The van der Waals surface area contributed by atoms with E-state index in [2.05, 4.69) is 5.92 Å². The van der Waals surface area contributed by atoms with Gasteiger partial charge in [0.1, 0.15) is 0 Å². The number of anilines is 1. The summed E-state index contributed by atoms with van der Waals surface area (Å²) in [6.07, 6.45) is -4.51. The summed E-state index contributed by atoms with van der Waals surface area (Å²) in [5, 5.41) is 8.14. The van der Waals surface area contributed by atoms with Gasteiger partial charge in [0.05, 0.1) is 5.56 Å². The van der Waals surface area contributed by atoms with E-state index in [-0.39, 0.29) is 11.3 Å². The van der Waals surface area contributed by atoms with E-state index in [1.807, 2.05) is 5.92 Å². The lowest BCUT2D eigenvalue weighted by Crippen LogP contribution is -2.09. The lowest BCUT2D eigenvalue weighted by Gasteiger charge is -2.09. The van der Waals surface area contributed by atoms with Gasteiger partial charge in [0.2, 0.25) is 0 Å². The van der Waals surface area contributed by atoms with E-state index in [1.54, 1.807) is 0 Å². The first-order valence-electron chi connectivity index (χ1n) is 3.82. The van der Waals surface area contributed by atoms with Crippen molar-refractivity contribution in [1.29, 1.82) is 5.26 Å². The molecule has 0 atom stereocenters. The maximum absolute atomic E-state index is 12.4. The molecule has 2 N–H and O–H groups in total. The van der Waals surface area contributed by atoms with Crippen LogP contribution in [0.3, 0.4) is 0 Å². The molecule has 0 bridgehead atoms. The quantitative estimate of drug-likeness (QED) is 0.527. The van der Waals surface area contributed by atoms with E-state index >= 15 is 0 Å². The molecule has 1 aromatic carbocycles. The Balaban J connectivity index is 3.24. The number of nitrogens with zero attached hydrogens (tertiary/aromatic N) is 1. The molecule has 0 aliphatic heterocycles. The SMILES string of the molecule is N#CC#Cc1ccc(N)c(C(F)(F)F)c1. The topological polar surface area (TPSA) is 49.8 Å². The summed E-state index contributed by atoms with van der Waals surface area (Å²) in [7, 11) is 0. The van der Waals surface area contributed by atoms with Crippen LogP contribution in [-0.2, 0) is 6.18 Å². The molecule has 0 spiro atoms. The summed E-state index contributed by atoms with van der Waals surface area (Å²) in [6, 6.07) is 4.78. The van der Waals surface area contributed by atoms with Crippen LogP contribution in [0.2, 0.25) is 0 Å². The Kier molecular flexibility index (Phi) is 2.87. The Hall–Kier alpha value is -2.14. The van der Waals surface area contributed by atoms with Crippen molar-refractivity contribution in [2.24, 2.45) is 0 Å². The van der Waals surface area contributed by atoms with Crippen LogP contribution in [0.1, 0.15) is 11.1 Å². The highest BCUT2D eigenvalue weighted by atomic mass is 19.4. The molecule has 0 saturated carbocycles. The number of rotatable bonds is 0. The van der Waals surface area contributed by atoms with Crippen LogP contribution in [0.5, 0.6) is 0 Å². The lowest BCUT2D eigenvalue weighted by atomic mass is 10.1. The predicted molar refractivity (Wildman–Crippen MR) is 48.3 cm³/mol. The molecule has 15 heavy (non-hydrogen) atoms. The van der Waals surface area contributed by atoms with Gasteiger partial charge in [-0.3, -0.25) is 0 Å². The van der Waals surface area contributed by atoms with Crippen molar-refractivity contribution in [3.05, 3.63) is 29.3 Å². The first kappa shape index (κ1) is 10.9. The first-order valence-corrected chi connectivity index (χ1v) is 3.82. The second kappa shape index (κ2) is 3.93. The van der Waals surface area contributed by atoms with Crippen molar-refractivity contribution in [3.63, 3.8) is 0 Å². The van der Waals surface area contributed by atoms with Crippen LogP contribution in [0.25, 0.3) is 0 Å². The highest BCUT2D eigenvalue weighted by Crippen LogP contribution is 2.33. The molecule has 0 radical (unpaired) electrons. The van der Waals surface area contributed by atoms with Crippen molar-refractivity contribution in [1.82, 2.24) is 0 Å². The number of alkyl halides is 3. The van der Waals surface area contributed by atoms with Crippen molar-refractivity contribution >= 4 is 5.69 Å². The summed E-state index contributed by atoms with van der Waals surface area (Å²) in [5.41, 5.74) is 3.99. The molecule has 0 fully saturated rings. The maximum atomic E-state index is 12.4. The lowest BCUT2D eigenvalue weighted by molar-refractivity contribution is -0.136. The van der Waals surface area contributed by atoms with E-state index in [9.17, 15) is 13.2 Å². The zero-order valence-electron chi connectivity index (χ0n) is 7.39. The maximum Gasteiger partial charge on any atom is 0.418 e. The van der Waals surface area contributed by atoms with Crippen LogP contribution in [0.4, 0.5) is 18.9 Å². The van der Waals surface area contributed by atoms with E-state index in [0.29, 0.717) is 0 Å². The van der Waals surface area contributed by atoms with Gasteiger partial charge in [-0.2, -0.15) is 18.4 Å². The van der Waals surface area contributed by atoms with Crippen LogP contribution in [-0.4, -0.2) is 0 Å². The molecule has 1 aromatic rings. The summed E-state index contributed by atoms with van der Waals surface area (Å²) in [4.78, 5) is 0. The monoisotopic (exact) mass is 210 g/mol. The minimum Gasteiger partial charge on any atom is -0.398 e. The van der Waals surface area contributed by atoms with Crippen molar-refractivity contribution in [2.75, 3.05) is 5.73 Å². The molecule has 0 saturated heterocycles. The van der Waals surface area contributed by atoms with Gasteiger partial charge in [-0.25, -0.2) is 0 Å². The molecule has 0 heterocycles. The fourth-order valence-corrected chi connectivity index (χ4v) is 0.980.